The summed E-state index contributed by atoms with van der Waals surface area (Å²) < 4.78 is 7.68. The van der Waals surface area contributed by atoms with Crippen molar-refractivity contribution in [1.29, 1.82) is 0 Å². The molecule has 6 heterocycles. The Morgan fingerprint density at radius 1 is 0.406 bits per heavy atom. The molecule has 0 fully saturated rings. The Bertz CT molecular complexity index is 4190. The van der Waals surface area contributed by atoms with E-state index in [0.717, 1.165) is 5.69 Å². The number of hydrogen-bond donors (Lipinski definition) is 0. The van der Waals surface area contributed by atoms with Gasteiger partial charge in [0.1, 0.15) is 0 Å². The van der Waals surface area contributed by atoms with E-state index in [1.165, 1.54) is 137 Å². The predicted molar refractivity (Wildman–Crippen MR) is 298 cm³/mol. The van der Waals surface area contributed by atoms with E-state index in [4.69, 9.17) is 0 Å². The van der Waals surface area contributed by atoms with Crippen LogP contribution in [0.15, 0.2) is 170 Å². The molecular weight excluding hydrogens is 856 g/mol. The van der Waals surface area contributed by atoms with Gasteiger partial charge in [0.25, 0.3) is 6.71 Å². The van der Waals surface area contributed by atoms with E-state index in [1.807, 2.05) is 11.3 Å². The fourth-order valence-corrected chi connectivity index (χ4v) is 13.7. The molecule has 12 aromatic rings. The van der Waals surface area contributed by atoms with Crippen LogP contribution >= 0.6 is 11.3 Å². The van der Waals surface area contributed by atoms with Crippen LogP contribution in [0.5, 0.6) is 0 Å². The van der Waals surface area contributed by atoms with Crippen molar-refractivity contribution >= 4 is 132 Å². The normalized spacial score (nSPS) is 13.9. The van der Waals surface area contributed by atoms with Crippen molar-refractivity contribution < 1.29 is 0 Å². The number of aromatic nitrogens is 2. The Balaban J connectivity index is 1.04. The quantitative estimate of drug-likeness (QED) is 0.161. The molecule has 4 nitrogen and oxygen atoms in total. The average molecular weight is 905 g/mol. The maximum Gasteiger partial charge on any atom is 0.252 e. The minimum absolute atomic E-state index is 0.000394. The molecule has 0 radical (unpaired) electrons. The molecule has 9 aromatic carbocycles. The molecule has 69 heavy (non-hydrogen) atoms. The molecule has 0 unspecified atom stereocenters. The van der Waals surface area contributed by atoms with Crippen LogP contribution in [0.25, 0.3) is 75.2 Å². The molecule has 0 atom stereocenters. The molecule has 0 bridgehead atoms. The highest BCUT2D eigenvalue weighted by molar-refractivity contribution is 7.25. The first-order valence-electron chi connectivity index (χ1n) is 24.5. The van der Waals surface area contributed by atoms with E-state index in [-0.39, 0.29) is 17.5 Å². The number of rotatable bonds is 2. The minimum atomic E-state index is -0.000394. The van der Waals surface area contributed by atoms with E-state index in [1.54, 1.807) is 0 Å². The van der Waals surface area contributed by atoms with Gasteiger partial charge in [0.2, 0.25) is 0 Å². The van der Waals surface area contributed by atoms with Crippen molar-refractivity contribution in [2.75, 3.05) is 9.80 Å². The third-order valence-electron chi connectivity index (χ3n) is 15.7. The molecule has 3 aliphatic heterocycles. The van der Waals surface area contributed by atoms with Crippen LogP contribution in [-0.4, -0.2) is 15.8 Å². The zero-order valence-electron chi connectivity index (χ0n) is 39.9. The second-order valence-corrected chi connectivity index (χ2v) is 23.0. The summed E-state index contributed by atoms with van der Waals surface area (Å²) in [5.74, 6) is 0. The van der Waals surface area contributed by atoms with Crippen molar-refractivity contribution in [2.45, 2.75) is 59.3 Å². The van der Waals surface area contributed by atoms with Crippen LogP contribution in [0, 0.1) is 6.92 Å². The van der Waals surface area contributed by atoms with Crippen LogP contribution in [0.2, 0.25) is 0 Å². The van der Waals surface area contributed by atoms with Gasteiger partial charge in [0.15, 0.2) is 0 Å². The van der Waals surface area contributed by atoms with E-state index in [2.05, 4.69) is 237 Å². The van der Waals surface area contributed by atoms with Gasteiger partial charge < -0.3 is 18.9 Å². The van der Waals surface area contributed by atoms with E-state index >= 15 is 0 Å². The Morgan fingerprint density at radius 2 is 1.03 bits per heavy atom. The number of thiophene rings is 1. The van der Waals surface area contributed by atoms with Crippen LogP contribution in [-0.2, 0) is 10.8 Å². The van der Waals surface area contributed by atoms with E-state index < -0.39 is 0 Å². The van der Waals surface area contributed by atoms with Gasteiger partial charge in [-0.15, -0.1) is 11.3 Å². The molecule has 15 rings (SSSR count). The van der Waals surface area contributed by atoms with Crippen molar-refractivity contribution in [3.63, 3.8) is 0 Å². The van der Waals surface area contributed by atoms with Gasteiger partial charge in [-0.05, 0) is 136 Å². The first kappa shape index (κ1) is 39.5. The predicted octanol–water partition coefficient (Wildman–Crippen LogP) is 15.5. The molecule has 0 amide bonds. The molecule has 6 heteroatoms. The fraction of sp³-hybridized carbons (Fsp3) is 0.143. The van der Waals surface area contributed by atoms with E-state index in [0.29, 0.717) is 0 Å². The second kappa shape index (κ2) is 13.4. The second-order valence-electron chi connectivity index (χ2n) is 21.9. The molecule has 0 N–H and O–H groups in total. The maximum absolute atomic E-state index is 2.61. The lowest BCUT2D eigenvalue weighted by atomic mass is 9.33. The van der Waals surface area contributed by atoms with Crippen LogP contribution in [0.1, 0.15) is 58.2 Å². The molecule has 3 aliphatic rings. The van der Waals surface area contributed by atoms with Gasteiger partial charge in [-0.1, -0.05) is 126 Å². The summed E-state index contributed by atoms with van der Waals surface area (Å²) in [7, 11) is 0. The monoisotopic (exact) mass is 904 g/mol. The smallest absolute Gasteiger partial charge is 0.252 e. The van der Waals surface area contributed by atoms with Gasteiger partial charge >= 0.3 is 0 Å². The van der Waals surface area contributed by atoms with Gasteiger partial charge in [-0.25, -0.2) is 0 Å². The zero-order chi connectivity index (χ0) is 46.4. The Morgan fingerprint density at radius 3 is 1.78 bits per heavy atom. The Kier molecular flexibility index (Phi) is 7.65. The van der Waals surface area contributed by atoms with Crippen LogP contribution in [0.4, 0.5) is 34.1 Å². The summed E-state index contributed by atoms with van der Waals surface area (Å²) in [5, 5.41) is 7.80. The summed E-state index contributed by atoms with van der Waals surface area (Å²) in [6.45, 7) is 16.2. The number of para-hydroxylation sites is 3. The molecular formula is C63H49BN4S. The SMILES string of the molecule is Cc1cc2c3c(c1)N1c4c(cccc4-n4c5ccccc5c5cccc1c54)B3c1ccc(-n3c4ccc(C(C)(C)C)cc4c4cc(C(C)(C)C)ccc43)cc1N2c1ccc2c(c1)sc1ccccc12. The number of aryl methyl sites for hydroxylation is 1. The number of nitrogens with zero attached hydrogens (tertiary/aromatic N) is 4. The third kappa shape index (κ3) is 5.25. The van der Waals surface area contributed by atoms with Crippen molar-refractivity contribution in [3.8, 4) is 11.4 Å². The van der Waals surface area contributed by atoms with Gasteiger partial charge in [0, 0.05) is 70.2 Å². The summed E-state index contributed by atoms with van der Waals surface area (Å²) in [5.41, 5.74) is 22.7. The van der Waals surface area contributed by atoms with Crippen molar-refractivity contribution in [2.24, 2.45) is 0 Å². The number of fused-ring (bicyclic) bond motifs is 15. The fourth-order valence-electron chi connectivity index (χ4n) is 12.5. The average Bonchev–Trinajstić information content (AvgIpc) is 4.00. The Labute approximate surface area is 406 Å². The topological polar surface area (TPSA) is 16.3 Å². The maximum atomic E-state index is 2.61. The lowest BCUT2D eigenvalue weighted by Crippen LogP contribution is -2.61. The summed E-state index contributed by atoms with van der Waals surface area (Å²) in [6.07, 6.45) is 0. The standard InChI is InChI=1S/C63H49BN4S/c1-36-30-55-59-56(31-36)68-52-19-12-16-44-41-14-8-10-18-49(41)67(60(44)52)53-20-13-17-48(61(53)68)64(59)47-27-25-39(34-54(47)66(55)40-24-26-43-42-15-9-11-21-57(42)69-58(43)35-40)65-50-28-22-37(62(2,3)4)32-45(50)46-33-38(63(5,6)7)23-29-51(46)65/h8-35H,1-7H3. The molecule has 0 saturated heterocycles. The molecule has 0 spiro atoms. The highest BCUT2D eigenvalue weighted by Crippen LogP contribution is 2.53. The molecule has 3 aromatic heterocycles. The molecule has 0 saturated carbocycles. The van der Waals surface area contributed by atoms with E-state index in [9.17, 15) is 0 Å². The first-order valence-corrected chi connectivity index (χ1v) is 25.3. The van der Waals surface area contributed by atoms with Crippen LogP contribution < -0.4 is 26.2 Å². The highest BCUT2D eigenvalue weighted by Gasteiger charge is 2.46. The zero-order valence-corrected chi connectivity index (χ0v) is 40.8. The lowest BCUT2D eigenvalue weighted by molar-refractivity contribution is 0.590. The number of benzene rings is 9. The largest absolute Gasteiger partial charge is 0.311 e. The number of anilines is 6. The van der Waals surface area contributed by atoms with Crippen molar-refractivity contribution in [3.05, 3.63) is 187 Å². The molecule has 0 aliphatic carbocycles. The number of hydrogen-bond acceptors (Lipinski definition) is 3. The summed E-state index contributed by atoms with van der Waals surface area (Å²) in [6, 6.07) is 65.5. The summed E-state index contributed by atoms with van der Waals surface area (Å²) in [4.78, 5) is 5.21. The van der Waals surface area contributed by atoms with Crippen LogP contribution in [0.3, 0.4) is 0 Å². The van der Waals surface area contributed by atoms with Crippen molar-refractivity contribution in [1.82, 2.24) is 9.13 Å². The summed E-state index contributed by atoms with van der Waals surface area (Å²) >= 11 is 1.89. The highest BCUT2D eigenvalue weighted by atomic mass is 32.1. The first-order chi connectivity index (χ1) is 33.4. The molecule has 330 valence electrons. The Hall–Kier alpha value is -7.54. The minimum Gasteiger partial charge on any atom is -0.311 e. The van der Waals surface area contributed by atoms with Gasteiger partial charge in [0.05, 0.1) is 39.1 Å². The van der Waals surface area contributed by atoms with Gasteiger partial charge in [-0.2, -0.15) is 0 Å². The third-order valence-corrected chi connectivity index (χ3v) is 16.9. The van der Waals surface area contributed by atoms with Gasteiger partial charge in [-0.3, -0.25) is 0 Å². The lowest BCUT2D eigenvalue weighted by Gasteiger charge is -2.46.